The van der Waals surface area contributed by atoms with Gasteiger partial charge in [-0.15, -0.1) is 0 Å². The molecule has 1 saturated heterocycles. The molecule has 0 aromatic heterocycles. The van der Waals surface area contributed by atoms with E-state index in [4.69, 9.17) is 9.47 Å². The summed E-state index contributed by atoms with van der Waals surface area (Å²) in [6.07, 6.45) is 0.586. The SMILES string of the molecule is CCC(=O)O[C@]1(C(=O)S[C@H]2CCOC2=O)[C@H](C)C[C@H]2[C@@H]3C[C@H](F)C4=CC(=O)C=CC4(C)[C@@]3(F)[C@@H](O)CC21C. The Morgan fingerprint density at radius 3 is 2.58 bits per heavy atom. The molecule has 4 fully saturated rings. The summed E-state index contributed by atoms with van der Waals surface area (Å²) in [5, 5.41) is 10.3. The fraction of sp³-hybridized carbons (Fsp3) is 0.714. The van der Waals surface area contributed by atoms with E-state index in [9.17, 15) is 24.3 Å². The van der Waals surface area contributed by atoms with Crippen LogP contribution >= 0.6 is 11.8 Å². The molecule has 5 aliphatic rings. The van der Waals surface area contributed by atoms with Crippen LogP contribution in [0.3, 0.4) is 0 Å². The minimum absolute atomic E-state index is 0.00469. The molecule has 0 bridgehead atoms. The van der Waals surface area contributed by atoms with Gasteiger partial charge in [-0.1, -0.05) is 38.6 Å². The number of cyclic esters (lactones) is 1. The van der Waals surface area contributed by atoms with Gasteiger partial charge >= 0.3 is 11.9 Å². The predicted molar refractivity (Wildman–Crippen MR) is 134 cm³/mol. The summed E-state index contributed by atoms with van der Waals surface area (Å²) in [5.74, 6) is -3.76. The molecule has 0 aromatic rings. The number of ether oxygens (including phenoxy) is 2. The summed E-state index contributed by atoms with van der Waals surface area (Å²) in [5.41, 5.74) is -6.81. The molecule has 3 saturated carbocycles. The number of alkyl halides is 2. The third-order valence-corrected chi connectivity index (χ3v) is 11.4. The Hall–Kier alpha value is -2.07. The normalized spacial score (nSPS) is 47.5. The number of thioether (sulfide) groups is 1. The number of halogens is 2. The van der Waals surface area contributed by atoms with Gasteiger partial charge in [0.2, 0.25) is 5.12 Å². The molecule has 38 heavy (non-hydrogen) atoms. The van der Waals surface area contributed by atoms with Crippen molar-refractivity contribution in [3.63, 3.8) is 0 Å². The summed E-state index contributed by atoms with van der Waals surface area (Å²) in [7, 11) is 0. The van der Waals surface area contributed by atoms with E-state index in [0.29, 0.717) is 6.42 Å². The number of rotatable bonds is 4. The smallest absolute Gasteiger partial charge is 0.319 e. The number of hydrogen-bond acceptors (Lipinski definition) is 8. The van der Waals surface area contributed by atoms with Crippen molar-refractivity contribution in [1.82, 2.24) is 0 Å². The Labute approximate surface area is 224 Å². The highest BCUT2D eigenvalue weighted by atomic mass is 32.2. The van der Waals surface area contributed by atoms with Gasteiger partial charge in [-0.3, -0.25) is 19.2 Å². The van der Waals surface area contributed by atoms with Crippen LogP contribution in [0, 0.1) is 28.6 Å². The van der Waals surface area contributed by atoms with Gasteiger partial charge in [0.1, 0.15) is 11.4 Å². The van der Waals surface area contributed by atoms with Crippen molar-refractivity contribution in [3.8, 4) is 0 Å². The second-order valence-corrected chi connectivity index (χ2v) is 13.1. The fourth-order valence-electron chi connectivity index (χ4n) is 8.27. The predicted octanol–water partition coefficient (Wildman–Crippen LogP) is 3.82. The van der Waals surface area contributed by atoms with E-state index in [1.165, 1.54) is 19.1 Å². The zero-order valence-corrected chi connectivity index (χ0v) is 22.8. The lowest BCUT2D eigenvalue weighted by Gasteiger charge is -2.63. The third kappa shape index (κ3) is 3.41. The molecule has 208 valence electrons. The largest absolute Gasteiger partial charge is 0.465 e. The Balaban J connectivity index is 1.61. The van der Waals surface area contributed by atoms with Crippen molar-refractivity contribution in [2.45, 2.75) is 88.6 Å². The van der Waals surface area contributed by atoms with Crippen LogP contribution in [0.25, 0.3) is 0 Å². The van der Waals surface area contributed by atoms with Crippen molar-refractivity contribution in [3.05, 3.63) is 23.8 Å². The highest BCUT2D eigenvalue weighted by Crippen LogP contribution is 2.72. The van der Waals surface area contributed by atoms with E-state index >= 15 is 8.78 Å². The van der Waals surface area contributed by atoms with Gasteiger partial charge in [-0.2, -0.15) is 0 Å². The molecule has 1 N–H and O–H groups in total. The quantitative estimate of drug-likeness (QED) is 0.525. The summed E-state index contributed by atoms with van der Waals surface area (Å²) >= 11 is 0.772. The molecule has 1 aliphatic heterocycles. The van der Waals surface area contributed by atoms with Gasteiger partial charge in [0, 0.05) is 35.5 Å². The Kier molecular flexibility index (Phi) is 6.50. The van der Waals surface area contributed by atoms with Crippen LogP contribution in [0.5, 0.6) is 0 Å². The standard InChI is InChI=1S/C28H34F2O7S/c1-5-22(33)37-28(24(35)38-20-7-9-36-23(20)34)14(2)10-16-17-12-19(29)18-11-15(31)6-8-25(18,3)27(17,30)21(32)13-26(16,28)4/h6,8,11,14,16-17,19-21,32H,5,7,9-10,12-13H2,1-4H3/t14-,16+,17+,19+,20+,21+,25?,26?,27+,28+/m1/s1. The lowest BCUT2D eigenvalue weighted by molar-refractivity contribution is -0.228. The summed E-state index contributed by atoms with van der Waals surface area (Å²) in [4.78, 5) is 51.1. The Morgan fingerprint density at radius 1 is 1.24 bits per heavy atom. The first-order valence-electron chi connectivity index (χ1n) is 13.3. The highest BCUT2D eigenvalue weighted by Gasteiger charge is 2.78. The van der Waals surface area contributed by atoms with Crippen LogP contribution in [0.15, 0.2) is 23.8 Å². The van der Waals surface area contributed by atoms with Gasteiger partial charge in [0.25, 0.3) is 0 Å². The maximum Gasteiger partial charge on any atom is 0.319 e. The summed E-state index contributed by atoms with van der Waals surface area (Å²) in [6.45, 7) is 6.78. The van der Waals surface area contributed by atoms with E-state index in [0.717, 1.165) is 17.8 Å². The Bertz CT molecular complexity index is 1150. The van der Waals surface area contributed by atoms with Crippen LogP contribution in [-0.2, 0) is 28.7 Å². The molecule has 0 spiro atoms. The van der Waals surface area contributed by atoms with Crippen molar-refractivity contribution >= 4 is 34.6 Å². The number of aliphatic hydroxyl groups excluding tert-OH is 1. The lowest BCUT2D eigenvalue weighted by Crippen LogP contribution is -2.70. The maximum atomic E-state index is 17.4. The van der Waals surface area contributed by atoms with Crippen molar-refractivity contribution in [2.24, 2.45) is 28.6 Å². The molecule has 10 atom stereocenters. The average Bonchev–Trinajstić information content (AvgIpc) is 3.35. The first kappa shape index (κ1) is 27.5. The number of carbonyl (C=O) groups excluding carboxylic acids is 4. The van der Waals surface area contributed by atoms with Gasteiger partial charge in [0.15, 0.2) is 17.1 Å². The number of fused-ring (bicyclic) bond motifs is 5. The molecule has 7 nitrogen and oxygen atoms in total. The lowest BCUT2D eigenvalue weighted by atomic mass is 9.44. The van der Waals surface area contributed by atoms with E-state index in [1.807, 2.05) is 0 Å². The maximum absolute atomic E-state index is 17.4. The van der Waals surface area contributed by atoms with Crippen LogP contribution in [0.4, 0.5) is 8.78 Å². The van der Waals surface area contributed by atoms with Crippen molar-refractivity contribution in [2.75, 3.05) is 6.61 Å². The molecule has 0 amide bonds. The van der Waals surface area contributed by atoms with Gasteiger partial charge in [-0.25, -0.2) is 8.78 Å². The van der Waals surface area contributed by atoms with Crippen LogP contribution in [0.2, 0.25) is 0 Å². The van der Waals surface area contributed by atoms with Gasteiger partial charge < -0.3 is 14.6 Å². The number of aliphatic hydroxyl groups is 1. The second-order valence-electron chi connectivity index (χ2n) is 11.9. The number of hydrogen-bond donors (Lipinski definition) is 1. The van der Waals surface area contributed by atoms with E-state index in [1.54, 1.807) is 20.8 Å². The molecule has 2 unspecified atom stereocenters. The van der Waals surface area contributed by atoms with Crippen LogP contribution in [0.1, 0.15) is 59.8 Å². The van der Waals surface area contributed by atoms with Crippen LogP contribution < -0.4 is 0 Å². The molecular formula is C28H34F2O7S. The molecule has 5 rings (SSSR count). The number of allylic oxidation sites excluding steroid dienone is 4. The molecule has 1 heterocycles. The van der Waals surface area contributed by atoms with Crippen molar-refractivity contribution < 1.29 is 42.5 Å². The minimum Gasteiger partial charge on any atom is -0.465 e. The Morgan fingerprint density at radius 2 is 1.95 bits per heavy atom. The van der Waals surface area contributed by atoms with Gasteiger partial charge in [0.05, 0.1) is 12.7 Å². The van der Waals surface area contributed by atoms with Gasteiger partial charge in [-0.05, 0) is 49.8 Å². The molecular weight excluding hydrogens is 518 g/mol. The average molecular weight is 553 g/mol. The fourth-order valence-corrected chi connectivity index (χ4v) is 9.56. The highest BCUT2D eigenvalue weighted by molar-refractivity contribution is 8.14. The number of esters is 2. The zero-order chi connectivity index (χ0) is 27.8. The molecule has 0 radical (unpaired) electrons. The van der Waals surface area contributed by atoms with E-state index in [-0.39, 0.29) is 37.9 Å². The monoisotopic (exact) mass is 552 g/mol. The minimum atomic E-state index is -2.31. The number of carbonyl (C=O) groups is 4. The zero-order valence-electron chi connectivity index (χ0n) is 22.0. The first-order valence-corrected chi connectivity index (χ1v) is 14.2. The summed E-state index contributed by atoms with van der Waals surface area (Å²) < 4.78 is 44.2. The second kappa shape index (κ2) is 8.98. The van der Waals surface area contributed by atoms with E-state index in [2.05, 4.69) is 0 Å². The third-order valence-electron chi connectivity index (χ3n) is 10.2. The number of ketones is 1. The summed E-state index contributed by atoms with van der Waals surface area (Å²) in [6, 6.07) is 0. The van der Waals surface area contributed by atoms with E-state index < -0.39 is 80.2 Å². The molecule has 4 aliphatic carbocycles. The van der Waals surface area contributed by atoms with Crippen LogP contribution in [-0.4, -0.2) is 63.3 Å². The molecule has 0 aromatic carbocycles. The first-order chi connectivity index (χ1) is 17.8. The topological polar surface area (TPSA) is 107 Å². The van der Waals surface area contributed by atoms with Crippen molar-refractivity contribution in [1.29, 1.82) is 0 Å². The molecule has 10 heteroatoms.